The largest absolute Gasteiger partial charge is 0.324 e. The summed E-state index contributed by atoms with van der Waals surface area (Å²) < 4.78 is 1.73. The molecule has 0 radical (unpaired) electrons. The average molecular weight is 430 g/mol. The van der Waals surface area contributed by atoms with Gasteiger partial charge in [0.05, 0.1) is 11.4 Å². The van der Waals surface area contributed by atoms with Crippen molar-refractivity contribution in [1.82, 2.24) is 15.1 Å². The fraction of sp³-hybridized carbons (Fsp3) is 0.308. The number of nitrogens with zero attached hydrogens (tertiary/aromatic N) is 2. The molecule has 1 aliphatic rings. The van der Waals surface area contributed by atoms with E-state index in [2.05, 4.69) is 39.8 Å². The van der Waals surface area contributed by atoms with Crippen LogP contribution in [0.15, 0.2) is 61.2 Å². The van der Waals surface area contributed by atoms with Crippen LogP contribution in [0.2, 0.25) is 0 Å². The Labute approximate surface area is 189 Å². The topological polar surface area (TPSA) is 71.0 Å². The Bertz CT molecular complexity index is 1080. The molecule has 6 heteroatoms. The Hall–Kier alpha value is -3.38. The highest BCUT2D eigenvalue weighted by atomic mass is 16.2. The lowest BCUT2D eigenvalue weighted by molar-refractivity contribution is 0.262. The number of hydrogen-bond acceptors (Lipinski definition) is 3. The summed E-state index contributed by atoms with van der Waals surface area (Å²) in [5, 5.41) is 13.9. The molecule has 2 heterocycles. The Kier molecular flexibility index (Phi) is 6.71. The zero-order valence-electron chi connectivity index (χ0n) is 18.8. The number of nitrogens with one attached hydrogen (secondary N) is 3. The molecule has 1 saturated heterocycles. The number of aromatic nitrogens is 2. The van der Waals surface area contributed by atoms with Crippen LogP contribution >= 0.6 is 0 Å². The number of carbonyl (C=O) groups is 1. The van der Waals surface area contributed by atoms with E-state index in [0.717, 1.165) is 53.6 Å². The first kappa shape index (κ1) is 21.8. The molecule has 1 aromatic heterocycles. The monoisotopic (exact) mass is 429 g/mol. The molecular formula is C26H31N5O. The van der Waals surface area contributed by atoms with Crippen molar-refractivity contribution in [2.75, 3.05) is 23.7 Å². The number of urea groups is 1. The third-order valence-corrected chi connectivity index (χ3v) is 5.86. The van der Waals surface area contributed by atoms with E-state index in [-0.39, 0.29) is 6.03 Å². The highest BCUT2D eigenvalue weighted by molar-refractivity contribution is 5.99. The quantitative estimate of drug-likeness (QED) is 0.491. The number of aryl methyl sites for hydroxylation is 1. The maximum atomic E-state index is 12.7. The van der Waals surface area contributed by atoms with Crippen LogP contribution < -0.4 is 16.0 Å². The molecule has 3 aromatic rings. The van der Waals surface area contributed by atoms with Gasteiger partial charge in [0, 0.05) is 11.8 Å². The lowest BCUT2D eigenvalue weighted by Gasteiger charge is -2.22. The Morgan fingerprint density at radius 3 is 2.44 bits per heavy atom. The molecule has 1 aliphatic heterocycles. The van der Waals surface area contributed by atoms with Gasteiger partial charge in [-0.2, -0.15) is 5.10 Å². The number of benzene rings is 2. The number of carbonyl (C=O) groups excluding carboxylic acids is 1. The van der Waals surface area contributed by atoms with Gasteiger partial charge in [-0.1, -0.05) is 36.4 Å². The van der Waals surface area contributed by atoms with Gasteiger partial charge < -0.3 is 10.6 Å². The smallest absolute Gasteiger partial charge is 0.317 e. The number of piperidine rings is 1. The van der Waals surface area contributed by atoms with Gasteiger partial charge in [0.1, 0.15) is 5.82 Å². The van der Waals surface area contributed by atoms with Crippen molar-refractivity contribution in [2.45, 2.75) is 33.1 Å². The molecule has 1 fully saturated rings. The fourth-order valence-electron chi connectivity index (χ4n) is 3.98. The molecule has 0 saturated carbocycles. The third kappa shape index (κ3) is 5.45. The molecule has 166 valence electrons. The molecule has 0 spiro atoms. The third-order valence-electron chi connectivity index (χ3n) is 5.86. The summed E-state index contributed by atoms with van der Waals surface area (Å²) in [7, 11) is 0. The van der Waals surface area contributed by atoms with Crippen molar-refractivity contribution in [3.8, 4) is 5.69 Å². The number of anilines is 2. The maximum Gasteiger partial charge on any atom is 0.324 e. The molecule has 0 aliphatic carbocycles. The Morgan fingerprint density at radius 2 is 1.78 bits per heavy atom. The fourth-order valence-corrected chi connectivity index (χ4v) is 3.98. The first-order valence-corrected chi connectivity index (χ1v) is 11.2. The zero-order valence-corrected chi connectivity index (χ0v) is 18.8. The maximum absolute atomic E-state index is 12.7. The minimum atomic E-state index is -0.308. The predicted molar refractivity (Wildman–Crippen MR) is 131 cm³/mol. The van der Waals surface area contributed by atoms with Gasteiger partial charge in [0.2, 0.25) is 0 Å². The van der Waals surface area contributed by atoms with E-state index in [1.54, 1.807) is 4.68 Å². The Morgan fingerprint density at radius 1 is 1.09 bits per heavy atom. The molecule has 6 nitrogen and oxygen atoms in total. The van der Waals surface area contributed by atoms with Crippen LogP contribution in [0.1, 0.15) is 36.6 Å². The number of amides is 2. The molecule has 32 heavy (non-hydrogen) atoms. The van der Waals surface area contributed by atoms with Crippen molar-refractivity contribution in [2.24, 2.45) is 5.92 Å². The summed E-state index contributed by atoms with van der Waals surface area (Å²) in [6.07, 6.45) is 3.54. The van der Waals surface area contributed by atoms with Gasteiger partial charge in [0.15, 0.2) is 0 Å². The van der Waals surface area contributed by atoms with Crippen molar-refractivity contribution < 1.29 is 4.79 Å². The molecule has 0 atom stereocenters. The minimum Gasteiger partial charge on any atom is -0.317 e. The molecule has 4 rings (SSSR count). The van der Waals surface area contributed by atoms with Crippen LogP contribution in [-0.4, -0.2) is 28.9 Å². The SMILES string of the molecule is C=C(C)c1cc(NC(=O)Nc2ccc(CC3CCNCC3)cc2)n(-c2ccc(C)cc2)n1. The van der Waals surface area contributed by atoms with Crippen LogP contribution in [0.5, 0.6) is 0 Å². The van der Waals surface area contributed by atoms with Crippen molar-refractivity contribution in [3.05, 3.63) is 78.0 Å². The second-order valence-corrected chi connectivity index (χ2v) is 8.62. The van der Waals surface area contributed by atoms with Crippen LogP contribution in [-0.2, 0) is 6.42 Å². The minimum absolute atomic E-state index is 0.308. The number of rotatable bonds is 6. The summed E-state index contributed by atoms with van der Waals surface area (Å²) in [4.78, 5) is 12.7. The van der Waals surface area contributed by atoms with Crippen molar-refractivity contribution in [3.63, 3.8) is 0 Å². The second-order valence-electron chi connectivity index (χ2n) is 8.62. The lowest BCUT2D eigenvalue weighted by Crippen LogP contribution is -2.28. The van der Waals surface area contributed by atoms with Gasteiger partial charge >= 0.3 is 6.03 Å². The van der Waals surface area contributed by atoms with E-state index in [0.29, 0.717) is 5.82 Å². The first-order valence-electron chi connectivity index (χ1n) is 11.2. The highest BCUT2D eigenvalue weighted by Gasteiger charge is 2.15. The summed E-state index contributed by atoms with van der Waals surface area (Å²) in [5.74, 6) is 1.33. The summed E-state index contributed by atoms with van der Waals surface area (Å²) >= 11 is 0. The number of hydrogen-bond donors (Lipinski definition) is 3. The highest BCUT2D eigenvalue weighted by Crippen LogP contribution is 2.22. The van der Waals surface area contributed by atoms with Gasteiger partial charge in [-0.25, -0.2) is 9.48 Å². The predicted octanol–water partition coefficient (Wildman–Crippen LogP) is 5.40. The van der Waals surface area contributed by atoms with E-state index in [4.69, 9.17) is 0 Å². The lowest BCUT2D eigenvalue weighted by atomic mass is 9.91. The van der Waals surface area contributed by atoms with Crippen LogP contribution in [0.4, 0.5) is 16.3 Å². The van der Waals surface area contributed by atoms with Crippen LogP contribution in [0, 0.1) is 12.8 Å². The van der Waals surface area contributed by atoms with E-state index in [1.807, 2.05) is 56.3 Å². The first-order chi connectivity index (χ1) is 15.5. The average Bonchev–Trinajstić information content (AvgIpc) is 3.20. The van der Waals surface area contributed by atoms with Crippen LogP contribution in [0.25, 0.3) is 11.3 Å². The van der Waals surface area contributed by atoms with Crippen molar-refractivity contribution >= 4 is 23.1 Å². The van der Waals surface area contributed by atoms with E-state index in [1.165, 1.54) is 18.4 Å². The van der Waals surface area contributed by atoms with Gasteiger partial charge in [0.25, 0.3) is 0 Å². The molecular weight excluding hydrogens is 398 g/mol. The zero-order chi connectivity index (χ0) is 22.5. The van der Waals surface area contributed by atoms with Gasteiger partial charge in [-0.15, -0.1) is 0 Å². The number of allylic oxidation sites excluding steroid dienone is 1. The molecule has 0 bridgehead atoms. The molecule has 2 amide bonds. The molecule has 3 N–H and O–H groups in total. The van der Waals surface area contributed by atoms with Gasteiger partial charge in [-0.05, 0) is 87.5 Å². The van der Waals surface area contributed by atoms with Crippen LogP contribution in [0.3, 0.4) is 0 Å². The summed E-state index contributed by atoms with van der Waals surface area (Å²) in [6, 6.07) is 17.7. The summed E-state index contributed by atoms with van der Waals surface area (Å²) in [6.45, 7) is 10.1. The van der Waals surface area contributed by atoms with E-state index < -0.39 is 0 Å². The second kappa shape index (κ2) is 9.83. The molecule has 2 aromatic carbocycles. The summed E-state index contributed by atoms with van der Waals surface area (Å²) in [5.41, 5.74) is 5.69. The standard InChI is InChI=1S/C26H31N5O/c1-18(2)24-17-25(31(30-24)23-10-4-19(3)5-11-23)29-26(32)28-22-8-6-20(7-9-22)16-21-12-14-27-15-13-21/h4-11,17,21,27H,1,12-16H2,2-3H3,(H2,28,29,32). The van der Waals surface area contributed by atoms with E-state index >= 15 is 0 Å². The molecule has 0 unspecified atom stereocenters. The Balaban J connectivity index is 1.43. The normalized spacial score (nSPS) is 14.2. The van der Waals surface area contributed by atoms with Crippen molar-refractivity contribution in [1.29, 1.82) is 0 Å². The van der Waals surface area contributed by atoms with E-state index in [9.17, 15) is 4.79 Å². The van der Waals surface area contributed by atoms with Gasteiger partial charge in [-0.3, -0.25) is 5.32 Å².